The van der Waals surface area contributed by atoms with E-state index in [9.17, 15) is 4.79 Å². The van der Waals surface area contributed by atoms with Gasteiger partial charge in [0.05, 0.1) is 36.5 Å². The molecule has 2 saturated heterocycles. The Kier molecular flexibility index (Phi) is 7.73. The fourth-order valence-corrected chi connectivity index (χ4v) is 7.19. The highest BCUT2D eigenvalue weighted by atomic mass is 16.5. The van der Waals surface area contributed by atoms with Crippen LogP contribution in [0.15, 0.2) is 73.1 Å². The van der Waals surface area contributed by atoms with Gasteiger partial charge in [-0.05, 0) is 67.1 Å². The van der Waals surface area contributed by atoms with Crippen LogP contribution in [0.1, 0.15) is 70.9 Å². The molecule has 6 heterocycles. The summed E-state index contributed by atoms with van der Waals surface area (Å²) in [6.07, 6.45) is 7.73. The second-order valence-electron chi connectivity index (χ2n) is 12.8. The fraction of sp³-hybridized carbons (Fsp3) is 0.306. The van der Waals surface area contributed by atoms with Crippen molar-refractivity contribution in [1.82, 2.24) is 39.8 Å². The van der Waals surface area contributed by atoms with Gasteiger partial charge >= 0.3 is 5.97 Å². The van der Waals surface area contributed by atoms with Crippen molar-refractivity contribution in [2.24, 2.45) is 0 Å². The monoisotopic (exact) mass is 642 g/mol. The maximum absolute atomic E-state index is 12.2. The summed E-state index contributed by atoms with van der Waals surface area (Å²) in [7, 11) is 1.37. The number of rotatable bonds is 6. The standard InChI is InChI=1S/C36H38N10O2/c1-48-36(47)24-8-3-6-22(14-24)28-20-42-46-33(38)16-31(44-35(28)46)26-10-11-29(40-18-26)23-7-2-5-21(13-23)27-19-41-45-32(37)15-30(43-34(27)45)25-9-4-12-39-17-25/h2-3,5-8,13-16,19-20,25-26,29,39-40H,4,9-12,17-18,37-38H2,1H3. The van der Waals surface area contributed by atoms with E-state index in [0.717, 1.165) is 84.6 Å². The zero-order valence-corrected chi connectivity index (χ0v) is 26.8. The molecule has 0 radical (unpaired) electrons. The molecule has 0 aliphatic carbocycles. The van der Waals surface area contributed by atoms with Crippen molar-refractivity contribution in [2.45, 2.75) is 43.6 Å². The van der Waals surface area contributed by atoms with Gasteiger partial charge in [0.25, 0.3) is 0 Å². The number of hydrogen-bond donors (Lipinski definition) is 4. The van der Waals surface area contributed by atoms with Gasteiger partial charge < -0.3 is 26.8 Å². The summed E-state index contributed by atoms with van der Waals surface area (Å²) in [6.45, 7) is 2.72. The molecular weight excluding hydrogens is 604 g/mol. The molecule has 6 N–H and O–H groups in total. The van der Waals surface area contributed by atoms with Crippen LogP contribution in [0.2, 0.25) is 0 Å². The molecule has 48 heavy (non-hydrogen) atoms. The lowest BCUT2D eigenvalue weighted by Gasteiger charge is -2.30. The first-order chi connectivity index (χ1) is 23.5. The summed E-state index contributed by atoms with van der Waals surface area (Å²) >= 11 is 0. The molecule has 0 saturated carbocycles. The van der Waals surface area contributed by atoms with Crippen molar-refractivity contribution in [2.75, 3.05) is 38.2 Å². The summed E-state index contributed by atoms with van der Waals surface area (Å²) in [6, 6.07) is 20.0. The minimum absolute atomic E-state index is 0.181. The first kappa shape index (κ1) is 30.0. The molecule has 0 amide bonds. The Morgan fingerprint density at radius 3 is 2.06 bits per heavy atom. The normalized spacial score (nSPS) is 19.9. The van der Waals surface area contributed by atoms with E-state index in [1.807, 2.05) is 30.5 Å². The maximum Gasteiger partial charge on any atom is 0.337 e. The number of fused-ring (bicyclic) bond motifs is 2. The quantitative estimate of drug-likeness (QED) is 0.187. The topological polar surface area (TPSA) is 163 Å². The summed E-state index contributed by atoms with van der Waals surface area (Å²) < 4.78 is 8.29. The Balaban J connectivity index is 1.03. The van der Waals surface area contributed by atoms with Gasteiger partial charge in [-0.15, -0.1) is 0 Å². The summed E-state index contributed by atoms with van der Waals surface area (Å²) in [4.78, 5) is 22.3. The van der Waals surface area contributed by atoms with E-state index in [2.05, 4.69) is 45.1 Å². The molecule has 8 rings (SSSR count). The van der Waals surface area contributed by atoms with Crippen LogP contribution < -0.4 is 22.1 Å². The second-order valence-corrected chi connectivity index (χ2v) is 12.8. The number of nitrogens with one attached hydrogen (secondary N) is 2. The molecule has 3 unspecified atom stereocenters. The molecule has 2 aliphatic heterocycles. The SMILES string of the molecule is COC(=O)c1cccc(-c2cnn3c(N)cc(C4CCC(c5cccc(-c6cnn7c(N)cc(C8CCCNC8)nc67)c5)NC4)nc23)c1. The number of nitrogen functional groups attached to an aromatic ring is 2. The molecule has 2 fully saturated rings. The predicted octanol–water partition coefficient (Wildman–Crippen LogP) is 4.73. The number of piperidine rings is 2. The van der Waals surface area contributed by atoms with Gasteiger partial charge in [-0.1, -0.05) is 30.3 Å². The van der Waals surface area contributed by atoms with Gasteiger partial charge in [0.15, 0.2) is 11.3 Å². The number of aromatic nitrogens is 6. The Hall–Kier alpha value is -5.33. The van der Waals surface area contributed by atoms with Crippen LogP contribution in [0.5, 0.6) is 0 Å². The largest absolute Gasteiger partial charge is 0.465 e. The number of nitrogens with two attached hydrogens (primary N) is 2. The minimum atomic E-state index is -0.392. The number of ether oxygens (including phenoxy) is 1. The molecule has 12 nitrogen and oxygen atoms in total. The smallest absolute Gasteiger partial charge is 0.337 e. The Bertz CT molecular complexity index is 2140. The molecule has 4 aromatic heterocycles. The third-order valence-corrected chi connectivity index (χ3v) is 9.78. The number of methoxy groups -OCH3 is 1. The first-order valence-electron chi connectivity index (χ1n) is 16.5. The zero-order chi connectivity index (χ0) is 32.8. The van der Waals surface area contributed by atoms with Crippen LogP contribution in [0.4, 0.5) is 11.6 Å². The zero-order valence-electron chi connectivity index (χ0n) is 26.8. The van der Waals surface area contributed by atoms with Crippen molar-refractivity contribution in [3.05, 3.63) is 95.6 Å². The minimum Gasteiger partial charge on any atom is -0.465 e. The fourth-order valence-electron chi connectivity index (χ4n) is 7.19. The van der Waals surface area contributed by atoms with Gasteiger partial charge in [-0.25, -0.2) is 14.8 Å². The predicted molar refractivity (Wildman–Crippen MR) is 185 cm³/mol. The lowest BCUT2D eigenvalue weighted by atomic mass is 9.88. The van der Waals surface area contributed by atoms with Crippen molar-refractivity contribution in [1.29, 1.82) is 0 Å². The maximum atomic E-state index is 12.2. The third kappa shape index (κ3) is 5.42. The van der Waals surface area contributed by atoms with Gasteiger partial charge in [0.2, 0.25) is 0 Å². The van der Waals surface area contributed by atoms with Gasteiger partial charge in [0, 0.05) is 54.2 Å². The van der Waals surface area contributed by atoms with E-state index in [1.54, 1.807) is 27.4 Å². The number of carbonyl (C=O) groups is 1. The van der Waals surface area contributed by atoms with E-state index in [1.165, 1.54) is 12.7 Å². The Labute approximate surface area is 277 Å². The van der Waals surface area contributed by atoms with E-state index in [4.69, 9.17) is 26.2 Å². The van der Waals surface area contributed by atoms with E-state index < -0.39 is 5.97 Å². The summed E-state index contributed by atoms with van der Waals surface area (Å²) in [5.41, 5.74) is 21.7. The van der Waals surface area contributed by atoms with Crippen molar-refractivity contribution in [3.63, 3.8) is 0 Å². The molecule has 6 aromatic rings. The molecule has 244 valence electrons. The number of nitrogens with zero attached hydrogens (tertiary/aromatic N) is 6. The van der Waals surface area contributed by atoms with E-state index >= 15 is 0 Å². The van der Waals surface area contributed by atoms with Crippen LogP contribution >= 0.6 is 0 Å². The lowest BCUT2D eigenvalue weighted by molar-refractivity contribution is 0.0600. The molecule has 0 bridgehead atoms. The van der Waals surface area contributed by atoms with Crippen LogP contribution in [-0.4, -0.2) is 61.9 Å². The summed E-state index contributed by atoms with van der Waals surface area (Å²) in [5, 5.41) is 16.3. The molecule has 2 aromatic carbocycles. The lowest BCUT2D eigenvalue weighted by Crippen LogP contribution is -2.32. The van der Waals surface area contributed by atoms with E-state index in [-0.39, 0.29) is 12.0 Å². The van der Waals surface area contributed by atoms with Crippen molar-refractivity contribution < 1.29 is 9.53 Å². The number of esters is 1. The number of hydrogen-bond acceptors (Lipinski definition) is 10. The highest BCUT2D eigenvalue weighted by Crippen LogP contribution is 2.35. The van der Waals surface area contributed by atoms with Gasteiger partial charge in [-0.2, -0.15) is 19.2 Å². The average molecular weight is 643 g/mol. The molecule has 12 heteroatoms. The second kappa shape index (κ2) is 12.4. The van der Waals surface area contributed by atoms with Crippen LogP contribution in [0.3, 0.4) is 0 Å². The highest BCUT2D eigenvalue weighted by Gasteiger charge is 2.26. The van der Waals surface area contributed by atoms with Crippen LogP contribution in [-0.2, 0) is 4.74 Å². The first-order valence-corrected chi connectivity index (χ1v) is 16.5. The van der Waals surface area contributed by atoms with Gasteiger partial charge in [-0.3, -0.25) is 0 Å². The Morgan fingerprint density at radius 1 is 0.812 bits per heavy atom. The molecule has 2 aliphatic rings. The van der Waals surface area contributed by atoms with Crippen LogP contribution in [0.25, 0.3) is 33.5 Å². The van der Waals surface area contributed by atoms with Crippen molar-refractivity contribution in [3.8, 4) is 22.3 Å². The average Bonchev–Trinajstić information content (AvgIpc) is 3.77. The van der Waals surface area contributed by atoms with E-state index in [0.29, 0.717) is 28.8 Å². The molecule has 0 spiro atoms. The van der Waals surface area contributed by atoms with Crippen molar-refractivity contribution >= 4 is 28.9 Å². The summed E-state index contributed by atoms with van der Waals surface area (Å²) in [5.74, 6) is 1.26. The molecular formula is C36H38N10O2. The Morgan fingerprint density at radius 2 is 1.46 bits per heavy atom. The number of anilines is 2. The highest BCUT2D eigenvalue weighted by molar-refractivity contribution is 5.92. The molecule has 3 atom stereocenters. The third-order valence-electron chi connectivity index (χ3n) is 9.78. The van der Waals surface area contributed by atoms with Crippen LogP contribution in [0, 0.1) is 0 Å². The number of carbonyl (C=O) groups excluding carboxylic acids is 1. The van der Waals surface area contributed by atoms with Gasteiger partial charge in [0.1, 0.15) is 11.6 Å². The number of benzene rings is 2.